The SMILES string of the molecule is O=C(C[C@H]1CC[C@@H]2[C@H](COC[C@H](O)CN2Cc2ccc(Oc3ccccc3)cc2)O1)N1CCN(c2ccccc2)CC1. The molecule has 3 aromatic rings. The summed E-state index contributed by atoms with van der Waals surface area (Å²) in [5.41, 5.74) is 2.36. The topological polar surface area (TPSA) is 74.7 Å². The number of amides is 1. The number of anilines is 1. The molecule has 3 fully saturated rings. The second-order valence-corrected chi connectivity index (χ2v) is 11.5. The van der Waals surface area contributed by atoms with Crippen molar-refractivity contribution in [3.05, 3.63) is 90.5 Å². The molecule has 0 unspecified atom stereocenters. The number of piperazine rings is 1. The van der Waals surface area contributed by atoms with Gasteiger partial charge in [-0.2, -0.15) is 0 Å². The van der Waals surface area contributed by atoms with Gasteiger partial charge in [-0.3, -0.25) is 9.69 Å². The van der Waals surface area contributed by atoms with Gasteiger partial charge in [-0.1, -0.05) is 48.5 Å². The molecule has 0 spiro atoms. The van der Waals surface area contributed by atoms with Crippen molar-refractivity contribution in [2.75, 3.05) is 50.8 Å². The fourth-order valence-electron chi connectivity index (χ4n) is 6.33. The predicted octanol–water partition coefficient (Wildman–Crippen LogP) is 4.33. The smallest absolute Gasteiger partial charge is 0.225 e. The summed E-state index contributed by atoms with van der Waals surface area (Å²) in [6.07, 6.45) is 1.30. The molecule has 8 nitrogen and oxygen atoms in total. The number of β-amino-alcohol motifs (C(OH)–C–C–N with tert-alkyl or cyclic N) is 1. The predicted molar refractivity (Wildman–Crippen MR) is 162 cm³/mol. The van der Waals surface area contributed by atoms with E-state index in [9.17, 15) is 9.90 Å². The van der Waals surface area contributed by atoms with Crippen molar-refractivity contribution in [2.24, 2.45) is 0 Å². The average molecular weight is 572 g/mol. The maximum Gasteiger partial charge on any atom is 0.225 e. The van der Waals surface area contributed by atoms with Gasteiger partial charge < -0.3 is 29.1 Å². The van der Waals surface area contributed by atoms with E-state index in [1.54, 1.807) is 0 Å². The highest BCUT2D eigenvalue weighted by molar-refractivity contribution is 5.77. The zero-order valence-corrected chi connectivity index (χ0v) is 24.1. The monoisotopic (exact) mass is 571 g/mol. The molecule has 6 rings (SSSR count). The highest BCUT2D eigenvalue weighted by atomic mass is 16.5. The van der Waals surface area contributed by atoms with Crippen molar-refractivity contribution >= 4 is 11.6 Å². The molecule has 1 N–H and O–H groups in total. The molecular weight excluding hydrogens is 530 g/mol. The van der Waals surface area contributed by atoms with Gasteiger partial charge >= 0.3 is 0 Å². The van der Waals surface area contributed by atoms with Gasteiger partial charge in [-0.15, -0.1) is 0 Å². The zero-order valence-electron chi connectivity index (χ0n) is 24.1. The Morgan fingerprint density at radius 3 is 2.26 bits per heavy atom. The number of rotatable bonds is 7. The van der Waals surface area contributed by atoms with Gasteiger partial charge in [0.15, 0.2) is 0 Å². The van der Waals surface area contributed by atoms with E-state index in [-0.39, 0.29) is 30.8 Å². The average Bonchev–Trinajstić information content (AvgIpc) is 3.02. The van der Waals surface area contributed by atoms with Crippen LogP contribution in [0.4, 0.5) is 5.69 Å². The summed E-state index contributed by atoms with van der Waals surface area (Å²) in [5.74, 6) is 1.77. The molecular formula is C34H41N3O5. The summed E-state index contributed by atoms with van der Waals surface area (Å²) in [4.78, 5) is 19.9. The Kier molecular flexibility index (Phi) is 9.35. The Bertz CT molecular complexity index is 1270. The molecule has 42 heavy (non-hydrogen) atoms. The van der Waals surface area contributed by atoms with Crippen LogP contribution in [-0.4, -0.2) is 91.1 Å². The molecule has 222 valence electrons. The van der Waals surface area contributed by atoms with E-state index in [2.05, 4.69) is 46.2 Å². The Labute approximate surface area is 248 Å². The minimum Gasteiger partial charge on any atom is -0.457 e. The number of carbonyl (C=O) groups is 1. The standard InChI is InChI=1S/C34H41N3O5/c38-28-23-37(22-26-11-13-30(14-12-26)41-29-9-5-2-6-10-29)32-16-15-31(42-33(32)25-40-24-28)21-34(39)36-19-17-35(18-20-36)27-7-3-1-4-8-27/h1-14,28,31-33,38H,15-25H2/t28-,31-,32-,33+/m1/s1. The molecule has 0 bridgehead atoms. The van der Waals surface area contributed by atoms with Crippen molar-refractivity contribution in [1.29, 1.82) is 0 Å². The first kappa shape index (κ1) is 28.7. The number of aliphatic hydroxyl groups is 1. The number of ether oxygens (including phenoxy) is 3. The number of benzene rings is 3. The third-order valence-corrected chi connectivity index (χ3v) is 8.53. The molecule has 3 aliphatic rings. The first-order chi connectivity index (χ1) is 20.6. The molecule has 3 aromatic carbocycles. The van der Waals surface area contributed by atoms with Crippen LogP contribution in [-0.2, 0) is 20.8 Å². The zero-order chi connectivity index (χ0) is 28.7. The Morgan fingerprint density at radius 1 is 0.833 bits per heavy atom. The van der Waals surface area contributed by atoms with Crippen LogP contribution in [0, 0.1) is 0 Å². The summed E-state index contributed by atoms with van der Waals surface area (Å²) >= 11 is 0. The van der Waals surface area contributed by atoms with Crippen molar-refractivity contribution < 1.29 is 24.1 Å². The van der Waals surface area contributed by atoms with Crippen LogP contribution in [0.1, 0.15) is 24.8 Å². The van der Waals surface area contributed by atoms with E-state index in [0.29, 0.717) is 26.1 Å². The highest BCUT2D eigenvalue weighted by Crippen LogP contribution is 2.30. The van der Waals surface area contributed by atoms with Gasteiger partial charge in [0, 0.05) is 51.0 Å². The van der Waals surface area contributed by atoms with Crippen LogP contribution in [0.15, 0.2) is 84.9 Å². The number of fused-ring (bicyclic) bond motifs is 1. The minimum atomic E-state index is -0.555. The molecule has 0 saturated carbocycles. The molecule has 1 amide bonds. The van der Waals surface area contributed by atoms with Crippen molar-refractivity contribution in [3.8, 4) is 11.5 Å². The fraction of sp³-hybridized carbons (Fsp3) is 0.441. The minimum absolute atomic E-state index is 0.112. The molecule has 3 aliphatic heterocycles. The maximum atomic E-state index is 13.2. The first-order valence-corrected chi connectivity index (χ1v) is 15.2. The van der Waals surface area contributed by atoms with E-state index >= 15 is 0 Å². The van der Waals surface area contributed by atoms with Crippen LogP contribution in [0.25, 0.3) is 0 Å². The molecule has 0 radical (unpaired) electrons. The lowest BCUT2D eigenvalue weighted by Gasteiger charge is -2.45. The van der Waals surface area contributed by atoms with Gasteiger partial charge in [0.2, 0.25) is 5.91 Å². The Morgan fingerprint density at radius 2 is 1.52 bits per heavy atom. The van der Waals surface area contributed by atoms with Crippen LogP contribution < -0.4 is 9.64 Å². The van der Waals surface area contributed by atoms with Gasteiger partial charge in [-0.05, 0) is 54.8 Å². The second-order valence-electron chi connectivity index (χ2n) is 11.5. The molecule has 3 heterocycles. The largest absolute Gasteiger partial charge is 0.457 e. The third-order valence-electron chi connectivity index (χ3n) is 8.53. The van der Waals surface area contributed by atoms with E-state index in [4.69, 9.17) is 14.2 Å². The number of para-hydroxylation sites is 2. The van der Waals surface area contributed by atoms with Gasteiger partial charge in [0.1, 0.15) is 11.5 Å². The van der Waals surface area contributed by atoms with E-state index in [0.717, 1.165) is 56.1 Å². The van der Waals surface area contributed by atoms with Crippen molar-refractivity contribution in [1.82, 2.24) is 9.80 Å². The number of nitrogens with zero attached hydrogens (tertiary/aromatic N) is 3. The van der Waals surface area contributed by atoms with Gasteiger partial charge in [0.25, 0.3) is 0 Å². The Hall–Kier alpha value is -3.43. The molecule has 0 aliphatic carbocycles. The molecule has 8 heteroatoms. The highest BCUT2D eigenvalue weighted by Gasteiger charge is 2.38. The summed E-state index contributed by atoms with van der Waals surface area (Å²) in [6.45, 7) is 5.06. The van der Waals surface area contributed by atoms with Crippen molar-refractivity contribution in [3.63, 3.8) is 0 Å². The number of hydrogen-bond donors (Lipinski definition) is 1. The van der Waals surface area contributed by atoms with E-state index in [1.807, 2.05) is 53.4 Å². The van der Waals surface area contributed by atoms with Gasteiger partial charge in [-0.25, -0.2) is 0 Å². The maximum absolute atomic E-state index is 13.2. The number of carbonyl (C=O) groups excluding carboxylic acids is 1. The quantitative estimate of drug-likeness (QED) is 0.453. The second kappa shape index (κ2) is 13.7. The van der Waals surface area contributed by atoms with Crippen LogP contribution >= 0.6 is 0 Å². The normalized spacial score (nSPS) is 25.3. The fourth-order valence-corrected chi connectivity index (χ4v) is 6.33. The molecule has 0 aromatic heterocycles. The number of hydrogen-bond acceptors (Lipinski definition) is 7. The summed E-state index contributed by atoms with van der Waals surface area (Å²) in [6, 6.07) is 28.4. The lowest BCUT2D eigenvalue weighted by Crippen LogP contribution is -2.56. The molecule has 4 atom stereocenters. The van der Waals surface area contributed by atoms with Crippen molar-refractivity contribution in [2.45, 2.75) is 50.2 Å². The lowest BCUT2D eigenvalue weighted by atomic mass is 9.94. The number of aliphatic hydroxyl groups excluding tert-OH is 1. The Balaban J connectivity index is 1.03. The lowest BCUT2D eigenvalue weighted by molar-refractivity contribution is -0.161. The first-order valence-electron chi connectivity index (χ1n) is 15.2. The van der Waals surface area contributed by atoms with E-state index in [1.165, 1.54) is 5.69 Å². The van der Waals surface area contributed by atoms with Crippen LogP contribution in [0.5, 0.6) is 11.5 Å². The van der Waals surface area contributed by atoms with Gasteiger partial charge in [0.05, 0.1) is 37.9 Å². The summed E-state index contributed by atoms with van der Waals surface area (Å²) < 4.78 is 18.3. The van der Waals surface area contributed by atoms with E-state index < -0.39 is 6.10 Å². The molecule has 3 saturated heterocycles. The van der Waals surface area contributed by atoms with Crippen LogP contribution in [0.2, 0.25) is 0 Å². The summed E-state index contributed by atoms with van der Waals surface area (Å²) in [7, 11) is 0. The van der Waals surface area contributed by atoms with Crippen LogP contribution in [0.3, 0.4) is 0 Å². The summed E-state index contributed by atoms with van der Waals surface area (Å²) in [5, 5.41) is 10.6. The third kappa shape index (κ3) is 7.31.